The molecular weight excluding hydrogens is 265 g/mol. The van der Waals surface area contributed by atoms with E-state index in [0.717, 1.165) is 18.9 Å². The molecule has 1 aromatic carbocycles. The quantitative estimate of drug-likeness (QED) is 0.521. The maximum absolute atomic E-state index is 12.8. The molecule has 8 heteroatoms. The molecule has 1 aliphatic carbocycles. The van der Waals surface area contributed by atoms with Gasteiger partial charge in [0.1, 0.15) is 17.0 Å². The molecule has 1 aliphatic rings. The summed E-state index contributed by atoms with van der Waals surface area (Å²) < 4.78 is 43.5. The third-order valence-electron chi connectivity index (χ3n) is 2.80. The minimum Gasteiger partial charge on any atom is -0.493 e. The molecule has 104 valence electrons. The van der Waals surface area contributed by atoms with Crippen LogP contribution in [-0.2, 0) is 6.18 Å². The maximum Gasteiger partial charge on any atom is 0.420 e. The van der Waals surface area contributed by atoms with E-state index in [1.807, 2.05) is 0 Å². The van der Waals surface area contributed by atoms with E-state index in [9.17, 15) is 23.3 Å². The van der Waals surface area contributed by atoms with E-state index < -0.39 is 28.1 Å². The van der Waals surface area contributed by atoms with E-state index in [0.29, 0.717) is 6.07 Å². The van der Waals surface area contributed by atoms with Crippen molar-refractivity contribution >= 4 is 11.4 Å². The molecule has 2 rings (SSSR count). The Bertz CT molecular complexity index is 513. The fourth-order valence-electron chi connectivity index (χ4n) is 1.58. The van der Waals surface area contributed by atoms with Gasteiger partial charge >= 0.3 is 6.18 Å². The lowest BCUT2D eigenvalue weighted by Crippen LogP contribution is -2.11. The highest BCUT2D eigenvalue weighted by atomic mass is 19.4. The largest absolute Gasteiger partial charge is 0.493 e. The van der Waals surface area contributed by atoms with E-state index in [2.05, 4.69) is 0 Å². The second-order valence-electron chi connectivity index (χ2n) is 4.42. The molecule has 1 fully saturated rings. The van der Waals surface area contributed by atoms with Crippen molar-refractivity contribution in [3.63, 3.8) is 0 Å². The summed E-state index contributed by atoms with van der Waals surface area (Å²) in [6, 6.07) is 1.28. The molecule has 0 amide bonds. The summed E-state index contributed by atoms with van der Waals surface area (Å²) in [6.45, 7) is 0.167. The van der Waals surface area contributed by atoms with Crippen molar-refractivity contribution in [2.24, 2.45) is 5.92 Å². The summed E-state index contributed by atoms with van der Waals surface area (Å²) in [4.78, 5) is 9.66. The van der Waals surface area contributed by atoms with E-state index >= 15 is 0 Å². The first kappa shape index (κ1) is 13.4. The molecule has 0 atom stereocenters. The van der Waals surface area contributed by atoms with Gasteiger partial charge in [-0.2, -0.15) is 13.2 Å². The Labute approximate surface area is 106 Å². The number of hydrogen-bond donors (Lipinski definition) is 1. The highest BCUT2D eigenvalue weighted by molar-refractivity contribution is 5.64. The van der Waals surface area contributed by atoms with Crippen LogP contribution in [0, 0.1) is 16.0 Å². The third kappa shape index (κ3) is 3.07. The summed E-state index contributed by atoms with van der Waals surface area (Å²) in [5, 5.41) is 10.6. The fourth-order valence-corrected chi connectivity index (χ4v) is 1.58. The number of nitrogen functional groups attached to an aromatic ring is 1. The second kappa shape index (κ2) is 4.60. The minimum absolute atomic E-state index is 0.167. The average molecular weight is 276 g/mol. The number of hydrogen-bond acceptors (Lipinski definition) is 4. The number of halogens is 3. The molecule has 0 saturated heterocycles. The van der Waals surface area contributed by atoms with Gasteiger partial charge in [0.25, 0.3) is 5.69 Å². The van der Waals surface area contributed by atoms with Gasteiger partial charge in [-0.05, 0) is 18.8 Å². The van der Waals surface area contributed by atoms with Crippen molar-refractivity contribution in [3.8, 4) is 5.75 Å². The smallest absolute Gasteiger partial charge is 0.420 e. The highest BCUT2D eigenvalue weighted by Crippen LogP contribution is 2.41. The molecule has 2 N–H and O–H groups in total. The number of ether oxygens (including phenoxy) is 1. The number of alkyl halides is 3. The number of anilines is 1. The number of rotatable bonds is 4. The monoisotopic (exact) mass is 276 g/mol. The van der Waals surface area contributed by atoms with Gasteiger partial charge in [0.05, 0.1) is 11.5 Å². The normalized spacial score (nSPS) is 15.3. The van der Waals surface area contributed by atoms with E-state index in [1.165, 1.54) is 0 Å². The first-order valence-electron chi connectivity index (χ1n) is 5.57. The number of nitrogens with two attached hydrogens (primary N) is 1. The van der Waals surface area contributed by atoms with Crippen LogP contribution in [0.3, 0.4) is 0 Å². The van der Waals surface area contributed by atoms with E-state index in [4.69, 9.17) is 10.5 Å². The van der Waals surface area contributed by atoms with E-state index in [1.54, 1.807) is 0 Å². The number of benzene rings is 1. The minimum atomic E-state index is -4.72. The standard InChI is InChI=1S/C11H11F3N2O3/c12-11(13,14)7-3-9(16(17)18)8(15)4-10(7)19-5-6-1-2-6/h3-4,6H,1-2,5,15H2. The lowest BCUT2D eigenvalue weighted by atomic mass is 10.1. The third-order valence-corrected chi connectivity index (χ3v) is 2.80. The van der Waals surface area contributed by atoms with E-state index in [-0.39, 0.29) is 18.2 Å². The molecule has 5 nitrogen and oxygen atoms in total. The Morgan fingerprint density at radius 3 is 2.53 bits per heavy atom. The molecule has 0 spiro atoms. The zero-order valence-corrected chi connectivity index (χ0v) is 9.74. The maximum atomic E-state index is 12.8. The highest BCUT2D eigenvalue weighted by Gasteiger charge is 2.37. The SMILES string of the molecule is Nc1cc(OCC2CC2)c(C(F)(F)F)cc1[N+](=O)[O-]. The molecule has 0 radical (unpaired) electrons. The molecular formula is C11H11F3N2O3. The van der Waals surface area contributed by atoms with Gasteiger partial charge in [-0.1, -0.05) is 0 Å². The van der Waals surface area contributed by atoms with Crippen LogP contribution in [0.5, 0.6) is 5.75 Å². The summed E-state index contributed by atoms with van der Waals surface area (Å²) >= 11 is 0. The molecule has 1 saturated carbocycles. The zero-order valence-electron chi connectivity index (χ0n) is 9.74. The summed E-state index contributed by atoms with van der Waals surface area (Å²) in [5.74, 6) is -0.194. The fraction of sp³-hybridized carbons (Fsp3) is 0.455. The average Bonchev–Trinajstić information content (AvgIpc) is 3.07. The van der Waals surface area contributed by atoms with Gasteiger partial charge in [0, 0.05) is 12.1 Å². The molecule has 0 heterocycles. The molecule has 0 bridgehead atoms. The summed E-state index contributed by atoms with van der Waals surface area (Å²) in [6.07, 6.45) is -2.88. The van der Waals surface area contributed by atoms with Gasteiger partial charge in [-0.25, -0.2) is 0 Å². The number of nitro benzene ring substituents is 1. The summed E-state index contributed by atoms with van der Waals surface area (Å²) in [7, 11) is 0. The Kier molecular flexibility index (Phi) is 3.25. The van der Waals surface area contributed by atoms with Crippen LogP contribution in [0.15, 0.2) is 12.1 Å². The lowest BCUT2D eigenvalue weighted by Gasteiger charge is -2.14. The van der Waals surface area contributed by atoms with Crippen LogP contribution in [0.1, 0.15) is 18.4 Å². The number of nitro groups is 1. The Hall–Kier alpha value is -1.99. The van der Waals surface area contributed by atoms with Crippen molar-refractivity contribution < 1.29 is 22.8 Å². The summed E-state index contributed by atoms with van der Waals surface area (Å²) in [5.41, 5.74) is 3.08. The van der Waals surface area contributed by atoms with Gasteiger partial charge in [-0.3, -0.25) is 10.1 Å². The van der Waals surface area contributed by atoms with Crippen LogP contribution in [-0.4, -0.2) is 11.5 Å². The first-order valence-corrected chi connectivity index (χ1v) is 5.57. The lowest BCUT2D eigenvalue weighted by molar-refractivity contribution is -0.384. The van der Waals surface area contributed by atoms with Crippen molar-refractivity contribution in [3.05, 3.63) is 27.8 Å². The van der Waals surface area contributed by atoms with Crippen LogP contribution in [0.25, 0.3) is 0 Å². The van der Waals surface area contributed by atoms with Crippen LogP contribution in [0.2, 0.25) is 0 Å². The van der Waals surface area contributed by atoms with Crippen molar-refractivity contribution in [2.45, 2.75) is 19.0 Å². The second-order valence-corrected chi connectivity index (χ2v) is 4.42. The van der Waals surface area contributed by atoms with Crippen molar-refractivity contribution in [1.82, 2.24) is 0 Å². The van der Waals surface area contributed by atoms with Crippen molar-refractivity contribution in [2.75, 3.05) is 12.3 Å². The molecule has 1 aromatic rings. The van der Waals surface area contributed by atoms with Gasteiger partial charge < -0.3 is 10.5 Å². The number of nitrogens with zero attached hydrogens (tertiary/aromatic N) is 1. The Balaban J connectivity index is 2.38. The van der Waals surface area contributed by atoms with Gasteiger partial charge in [0.15, 0.2) is 0 Å². The Morgan fingerprint density at radius 1 is 1.42 bits per heavy atom. The molecule has 0 unspecified atom stereocenters. The zero-order chi connectivity index (χ0) is 14.2. The van der Waals surface area contributed by atoms with Crippen LogP contribution in [0.4, 0.5) is 24.5 Å². The molecule has 0 aliphatic heterocycles. The predicted molar refractivity (Wildman–Crippen MR) is 60.7 cm³/mol. The Morgan fingerprint density at radius 2 is 2.05 bits per heavy atom. The van der Waals surface area contributed by atoms with Crippen LogP contribution >= 0.6 is 0 Å². The van der Waals surface area contributed by atoms with Crippen LogP contribution < -0.4 is 10.5 Å². The first-order chi connectivity index (χ1) is 8.79. The van der Waals surface area contributed by atoms with Crippen molar-refractivity contribution in [1.29, 1.82) is 0 Å². The van der Waals surface area contributed by atoms with Gasteiger partial charge in [0.2, 0.25) is 0 Å². The molecule has 19 heavy (non-hydrogen) atoms. The van der Waals surface area contributed by atoms with Gasteiger partial charge in [-0.15, -0.1) is 0 Å². The predicted octanol–water partition coefficient (Wildman–Crippen LogP) is 2.98. The molecule has 0 aromatic heterocycles. The topological polar surface area (TPSA) is 78.4 Å².